The van der Waals surface area contributed by atoms with Crippen molar-refractivity contribution < 1.29 is 14.4 Å². The van der Waals surface area contributed by atoms with Crippen molar-refractivity contribution >= 4 is 29.2 Å². The van der Waals surface area contributed by atoms with Crippen LogP contribution >= 0.6 is 0 Å². The molecule has 0 aromatic carbocycles. The molecule has 3 rings (SSSR count). The zero-order valence-electron chi connectivity index (χ0n) is 15.5. The molecular formula is C19H22N6O3. The Morgan fingerprint density at radius 1 is 1.18 bits per heavy atom. The van der Waals surface area contributed by atoms with Crippen molar-refractivity contribution in [1.29, 1.82) is 0 Å². The summed E-state index contributed by atoms with van der Waals surface area (Å²) in [5.41, 5.74) is 6.49. The number of pyridine rings is 2. The van der Waals surface area contributed by atoms with Crippen molar-refractivity contribution in [3.63, 3.8) is 0 Å². The molecular weight excluding hydrogens is 360 g/mol. The third-order valence-electron chi connectivity index (χ3n) is 4.67. The molecule has 0 bridgehead atoms. The first-order valence-electron chi connectivity index (χ1n) is 9.00. The van der Waals surface area contributed by atoms with Gasteiger partial charge in [0.15, 0.2) is 0 Å². The highest BCUT2D eigenvalue weighted by atomic mass is 16.2. The number of likely N-dealkylation sites (tertiary alicyclic amines) is 1. The predicted molar refractivity (Wildman–Crippen MR) is 103 cm³/mol. The van der Waals surface area contributed by atoms with Crippen molar-refractivity contribution in [2.45, 2.75) is 25.3 Å². The van der Waals surface area contributed by atoms with Crippen molar-refractivity contribution in [3.8, 4) is 0 Å². The van der Waals surface area contributed by atoms with Crippen LogP contribution in [0.3, 0.4) is 0 Å². The summed E-state index contributed by atoms with van der Waals surface area (Å²) in [7, 11) is 1.78. The molecule has 3 amide bonds. The van der Waals surface area contributed by atoms with Crippen molar-refractivity contribution in [2.75, 3.05) is 24.2 Å². The number of amides is 3. The number of nitrogens with two attached hydrogens (primary N) is 1. The molecule has 3 heterocycles. The van der Waals surface area contributed by atoms with Gasteiger partial charge in [0.25, 0.3) is 0 Å². The maximum Gasteiger partial charge on any atom is 0.313 e. The Morgan fingerprint density at radius 3 is 2.68 bits per heavy atom. The molecule has 9 heteroatoms. The molecule has 9 nitrogen and oxygen atoms in total. The van der Waals surface area contributed by atoms with Crippen LogP contribution in [0.5, 0.6) is 0 Å². The van der Waals surface area contributed by atoms with Crippen LogP contribution in [0, 0.1) is 0 Å². The standard InChI is InChI=1S/C19H22N6O3/c1-21-16-6-5-12(10-23-16)15-4-2-3-7-25(15)19(28)18(27)24-14-8-13(17(20)26)9-22-11-14/h5-6,8-11,15H,2-4,7H2,1H3,(H2,20,26)(H,21,23)(H,24,27)/t15-/m0/s1. The molecule has 0 aliphatic carbocycles. The lowest BCUT2D eigenvalue weighted by molar-refractivity contribution is -0.145. The zero-order valence-corrected chi connectivity index (χ0v) is 15.5. The van der Waals surface area contributed by atoms with E-state index in [0.717, 1.165) is 30.6 Å². The highest BCUT2D eigenvalue weighted by Gasteiger charge is 2.32. The third kappa shape index (κ3) is 4.25. The van der Waals surface area contributed by atoms with Gasteiger partial charge in [0.1, 0.15) is 5.82 Å². The number of rotatable bonds is 4. The van der Waals surface area contributed by atoms with E-state index >= 15 is 0 Å². The molecule has 4 N–H and O–H groups in total. The molecule has 1 fully saturated rings. The molecule has 0 unspecified atom stereocenters. The number of aromatic nitrogens is 2. The topological polar surface area (TPSA) is 130 Å². The summed E-state index contributed by atoms with van der Waals surface area (Å²) in [5, 5.41) is 5.45. The van der Waals surface area contributed by atoms with Crippen molar-refractivity contribution in [3.05, 3.63) is 47.9 Å². The number of primary amides is 1. The van der Waals surface area contributed by atoms with Crippen LogP contribution < -0.4 is 16.4 Å². The first kappa shape index (κ1) is 19.3. The average molecular weight is 382 g/mol. The van der Waals surface area contributed by atoms with Gasteiger partial charge in [-0.1, -0.05) is 6.07 Å². The monoisotopic (exact) mass is 382 g/mol. The SMILES string of the molecule is CNc1ccc([C@@H]2CCCCN2C(=O)C(=O)Nc2cncc(C(N)=O)c2)cn1. The first-order chi connectivity index (χ1) is 13.5. The second-order valence-corrected chi connectivity index (χ2v) is 6.52. The van der Waals surface area contributed by atoms with Gasteiger partial charge in [-0.15, -0.1) is 0 Å². The van der Waals surface area contributed by atoms with Gasteiger partial charge in [-0.05, 0) is 37.0 Å². The van der Waals surface area contributed by atoms with E-state index in [0.29, 0.717) is 6.54 Å². The summed E-state index contributed by atoms with van der Waals surface area (Å²) in [4.78, 5) is 46.3. The van der Waals surface area contributed by atoms with Crippen LogP contribution in [0.4, 0.5) is 11.5 Å². The molecule has 28 heavy (non-hydrogen) atoms. The van der Waals surface area contributed by atoms with Gasteiger partial charge in [-0.25, -0.2) is 4.98 Å². The second kappa shape index (κ2) is 8.47. The van der Waals surface area contributed by atoms with Crippen LogP contribution in [-0.4, -0.2) is 46.2 Å². The number of hydrogen-bond acceptors (Lipinski definition) is 6. The summed E-state index contributed by atoms with van der Waals surface area (Å²) in [6.45, 7) is 0.490. The quantitative estimate of drug-likeness (QED) is 0.684. The van der Waals surface area contributed by atoms with Gasteiger partial charge < -0.3 is 21.3 Å². The Labute approximate surface area is 162 Å². The van der Waals surface area contributed by atoms with E-state index in [1.165, 1.54) is 18.5 Å². The van der Waals surface area contributed by atoms with Gasteiger partial charge in [-0.2, -0.15) is 0 Å². The largest absolute Gasteiger partial charge is 0.373 e. The molecule has 2 aromatic heterocycles. The van der Waals surface area contributed by atoms with Crippen LogP contribution in [-0.2, 0) is 9.59 Å². The van der Waals surface area contributed by atoms with Crippen LogP contribution in [0.25, 0.3) is 0 Å². The number of carbonyl (C=O) groups excluding carboxylic acids is 3. The van der Waals surface area contributed by atoms with Gasteiger partial charge in [-0.3, -0.25) is 19.4 Å². The minimum absolute atomic E-state index is 0.150. The minimum atomic E-state index is -0.782. The van der Waals surface area contributed by atoms with E-state index in [1.54, 1.807) is 18.1 Å². The van der Waals surface area contributed by atoms with E-state index in [2.05, 4.69) is 20.6 Å². The molecule has 1 aliphatic rings. The summed E-state index contributed by atoms with van der Waals surface area (Å²) >= 11 is 0. The molecule has 1 aliphatic heterocycles. The second-order valence-electron chi connectivity index (χ2n) is 6.52. The van der Waals surface area contributed by atoms with Gasteiger partial charge in [0.2, 0.25) is 5.91 Å². The number of piperidine rings is 1. The Morgan fingerprint density at radius 2 is 2.00 bits per heavy atom. The minimum Gasteiger partial charge on any atom is -0.373 e. The highest BCUT2D eigenvalue weighted by Crippen LogP contribution is 2.31. The van der Waals surface area contributed by atoms with E-state index in [4.69, 9.17) is 5.73 Å². The van der Waals surface area contributed by atoms with Crippen LogP contribution in [0.15, 0.2) is 36.8 Å². The Hall–Kier alpha value is -3.49. The van der Waals surface area contributed by atoms with Crippen LogP contribution in [0.1, 0.15) is 41.2 Å². The Bertz CT molecular complexity index is 883. The summed E-state index contributed by atoms with van der Waals surface area (Å²) < 4.78 is 0. The Balaban J connectivity index is 1.75. The molecule has 1 saturated heterocycles. The lowest BCUT2D eigenvalue weighted by atomic mass is 9.96. The molecule has 0 spiro atoms. The predicted octanol–water partition coefficient (Wildman–Crippen LogP) is 1.31. The molecule has 0 saturated carbocycles. The maximum atomic E-state index is 12.8. The molecule has 1 atom stereocenters. The molecule has 2 aromatic rings. The lowest BCUT2D eigenvalue weighted by Crippen LogP contribution is -2.44. The number of anilines is 2. The van der Waals surface area contributed by atoms with Gasteiger partial charge in [0.05, 0.1) is 23.5 Å². The number of hydrogen-bond donors (Lipinski definition) is 3. The molecule has 0 radical (unpaired) electrons. The lowest BCUT2D eigenvalue weighted by Gasteiger charge is -2.35. The average Bonchev–Trinajstić information content (AvgIpc) is 2.73. The van der Waals surface area contributed by atoms with E-state index in [1.807, 2.05) is 12.1 Å². The summed E-state index contributed by atoms with van der Waals surface area (Å²) in [6.07, 6.45) is 6.93. The Kier molecular flexibility index (Phi) is 5.83. The smallest absolute Gasteiger partial charge is 0.313 e. The van der Waals surface area contributed by atoms with Crippen LogP contribution in [0.2, 0.25) is 0 Å². The van der Waals surface area contributed by atoms with Crippen molar-refractivity contribution in [1.82, 2.24) is 14.9 Å². The number of nitrogens with zero attached hydrogens (tertiary/aromatic N) is 3. The fraction of sp³-hybridized carbons (Fsp3) is 0.316. The number of carbonyl (C=O) groups is 3. The van der Waals surface area contributed by atoms with Crippen molar-refractivity contribution in [2.24, 2.45) is 5.73 Å². The third-order valence-corrected chi connectivity index (χ3v) is 4.67. The normalized spacial score (nSPS) is 16.3. The molecule has 146 valence electrons. The van der Waals surface area contributed by atoms with E-state index in [-0.39, 0.29) is 17.3 Å². The van der Waals surface area contributed by atoms with E-state index in [9.17, 15) is 14.4 Å². The highest BCUT2D eigenvalue weighted by molar-refractivity contribution is 6.39. The first-order valence-corrected chi connectivity index (χ1v) is 9.00. The zero-order chi connectivity index (χ0) is 20.1. The maximum absolute atomic E-state index is 12.8. The van der Waals surface area contributed by atoms with Gasteiger partial charge >= 0.3 is 11.8 Å². The fourth-order valence-corrected chi connectivity index (χ4v) is 3.23. The summed E-state index contributed by atoms with van der Waals surface area (Å²) in [6, 6.07) is 4.93. The van der Waals surface area contributed by atoms with E-state index < -0.39 is 17.7 Å². The summed E-state index contributed by atoms with van der Waals surface area (Å²) in [5.74, 6) is -1.34. The van der Waals surface area contributed by atoms with Gasteiger partial charge in [0, 0.05) is 26.0 Å². The fourth-order valence-electron chi connectivity index (χ4n) is 3.23. The number of nitrogens with one attached hydrogen (secondary N) is 2.